The Balaban J connectivity index is 2.20. The van der Waals surface area contributed by atoms with Crippen LogP contribution in [-0.2, 0) is 4.74 Å². The minimum absolute atomic E-state index is 0.296. The summed E-state index contributed by atoms with van der Waals surface area (Å²) >= 11 is 0. The first-order chi connectivity index (χ1) is 5.09. The van der Waals surface area contributed by atoms with Crippen molar-refractivity contribution in [2.75, 3.05) is 13.1 Å². The van der Waals surface area contributed by atoms with Crippen LogP contribution in [0, 0.1) is 0 Å². The Labute approximate surface area is 66.3 Å². The van der Waals surface area contributed by atoms with Crippen LogP contribution in [0.1, 0.15) is 13.8 Å². The fourth-order valence-corrected chi connectivity index (χ4v) is 1.51. The van der Waals surface area contributed by atoms with Crippen LogP contribution in [0.2, 0.25) is 0 Å². The Hall–Kier alpha value is -0.540. The molecule has 0 bridgehead atoms. The highest BCUT2D eigenvalue weighted by atomic mass is 16.6. The summed E-state index contributed by atoms with van der Waals surface area (Å²) in [5.41, 5.74) is 0.834. The summed E-state index contributed by atoms with van der Waals surface area (Å²) in [6.45, 7) is 6.16. The highest BCUT2D eigenvalue weighted by molar-refractivity contribution is 5.22. The maximum absolute atomic E-state index is 9.19. The number of hydrogen-bond acceptors (Lipinski definition) is 3. The molecule has 1 atom stereocenters. The molecule has 0 aromatic rings. The minimum Gasteiger partial charge on any atom is -0.369 e. The van der Waals surface area contributed by atoms with Gasteiger partial charge in [0, 0.05) is 18.8 Å². The first kappa shape index (κ1) is 7.13. The summed E-state index contributed by atoms with van der Waals surface area (Å²) in [5.74, 6) is 0. The SMILES string of the molecule is CC1(C)OC(O)C=C1N1CC1. The third-order valence-electron chi connectivity index (χ3n) is 2.12. The smallest absolute Gasteiger partial charge is 0.177 e. The first-order valence-corrected chi connectivity index (χ1v) is 3.93. The lowest BCUT2D eigenvalue weighted by molar-refractivity contribution is -0.113. The molecule has 0 aliphatic carbocycles. The van der Waals surface area contributed by atoms with E-state index in [0.29, 0.717) is 0 Å². The average Bonchev–Trinajstić information content (AvgIpc) is 2.59. The van der Waals surface area contributed by atoms with E-state index in [-0.39, 0.29) is 5.60 Å². The second-order valence-electron chi connectivity index (χ2n) is 3.56. The van der Waals surface area contributed by atoms with Crippen LogP contribution in [0.4, 0.5) is 0 Å². The van der Waals surface area contributed by atoms with Gasteiger partial charge in [0.15, 0.2) is 6.29 Å². The van der Waals surface area contributed by atoms with Crippen LogP contribution in [0.3, 0.4) is 0 Å². The van der Waals surface area contributed by atoms with Crippen molar-refractivity contribution in [3.05, 3.63) is 11.8 Å². The van der Waals surface area contributed by atoms with Crippen LogP contribution >= 0.6 is 0 Å². The molecule has 2 aliphatic rings. The average molecular weight is 155 g/mol. The Morgan fingerprint density at radius 2 is 2.27 bits per heavy atom. The van der Waals surface area contributed by atoms with Gasteiger partial charge in [-0.25, -0.2) is 0 Å². The molecule has 2 aliphatic heterocycles. The third-order valence-corrected chi connectivity index (χ3v) is 2.12. The van der Waals surface area contributed by atoms with Crippen LogP contribution < -0.4 is 0 Å². The predicted molar refractivity (Wildman–Crippen MR) is 40.8 cm³/mol. The minimum atomic E-state index is -0.708. The fraction of sp³-hybridized carbons (Fsp3) is 0.750. The van der Waals surface area contributed by atoms with Gasteiger partial charge in [0.1, 0.15) is 5.60 Å². The lowest BCUT2D eigenvalue weighted by atomic mass is 10.1. The summed E-state index contributed by atoms with van der Waals surface area (Å²) in [4.78, 5) is 2.20. The van der Waals surface area contributed by atoms with E-state index in [1.165, 1.54) is 0 Å². The van der Waals surface area contributed by atoms with Gasteiger partial charge in [0.2, 0.25) is 0 Å². The van der Waals surface area contributed by atoms with Crippen LogP contribution in [0.15, 0.2) is 11.8 Å². The first-order valence-electron chi connectivity index (χ1n) is 3.93. The molecular formula is C8H13NO2. The van der Waals surface area contributed by atoms with Gasteiger partial charge in [-0.3, -0.25) is 0 Å². The van der Waals surface area contributed by atoms with Crippen molar-refractivity contribution >= 4 is 0 Å². The third kappa shape index (κ3) is 1.14. The number of hydrogen-bond donors (Lipinski definition) is 1. The Bertz CT molecular complexity index is 206. The molecule has 1 saturated heterocycles. The molecule has 3 nitrogen and oxygen atoms in total. The maximum Gasteiger partial charge on any atom is 0.177 e. The molecular weight excluding hydrogens is 142 g/mol. The molecule has 62 valence electrons. The van der Waals surface area contributed by atoms with E-state index in [1.54, 1.807) is 6.08 Å². The van der Waals surface area contributed by atoms with Gasteiger partial charge in [-0.2, -0.15) is 0 Å². The van der Waals surface area contributed by atoms with E-state index in [1.807, 2.05) is 13.8 Å². The largest absolute Gasteiger partial charge is 0.369 e. The molecule has 1 fully saturated rings. The van der Waals surface area contributed by atoms with E-state index in [0.717, 1.165) is 18.8 Å². The normalized spacial score (nSPS) is 33.9. The summed E-state index contributed by atoms with van der Waals surface area (Å²) in [5, 5.41) is 9.19. The van der Waals surface area contributed by atoms with Gasteiger partial charge in [-0.15, -0.1) is 0 Å². The van der Waals surface area contributed by atoms with Gasteiger partial charge >= 0.3 is 0 Å². The number of nitrogens with zero attached hydrogens (tertiary/aromatic N) is 1. The molecule has 0 spiro atoms. The van der Waals surface area contributed by atoms with Crippen LogP contribution in [-0.4, -0.2) is 35.0 Å². The van der Waals surface area contributed by atoms with E-state index >= 15 is 0 Å². The monoisotopic (exact) mass is 155 g/mol. The van der Waals surface area contributed by atoms with E-state index in [4.69, 9.17) is 4.74 Å². The van der Waals surface area contributed by atoms with Gasteiger partial charge in [-0.05, 0) is 19.9 Å². The molecule has 2 heterocycles. The Morgan fingerprint density at radius 1 is 1.64 bits per heavy atom. The molecule has 1 N–H and O–H groups in total. The molecule has 2 rings (SSSR count). The Morgan fingerprint density at radius 3 is 2.64 bits per heavy atom. The van der Waals surface area contributed by atoms with Crippen molar-refractivity contribution in [1.82, 2.24) is 4.90 Å². The Kier molecular flexibility index (Phi) is 1.29. The standard InChI is InChI=1S/C8H13NO2/c1-8(2)6(9-3-4-9)5-7(10)11-8/h5,7,10H,3-4H2,1-2H3. The number of aliphatic hydroxyl groups is 1. The zero-order valence-electron chi connectivity index (χ0n) is 6.87. The van der Waals surface area contributed by atoms with E-state index < -0.39 is 6.29 Å². The second-order valence-corrected chi connectivity index (χ2v) is 3.56. The zero-order chi connectivity index (χ0) is 8.06. The van der Waals surface area contributed by atoms with Gasteiger partial charge < -0.3 is 14.7 Å². The lowest BCUT2D eigenvalue weighted by Gasteiger charge is -2.23. The lowest BCUT2D eigenvalue weighted by Crippen LogP contribution is -2.27. The highest BCUT2D eigenvalue weighted by Crippen LogP contribution is 2.34. The molecule has 0 saturated carbocycles. The van der Waals surface area contributed by atoms with Crippen molar-refractivity contribution in [2.24, 2.45) is 0 Å². The molecule has 3 heteroatoms. The summed E-state index contributed by atoms with van der Waals surface area (Å²) in [6.07, 6.45) is 1.08. The van der Waals surface area contributed by atoms with Gasteiger partial charge in [0.05, 0.1) is 0 Å². The van der Waals surface area contributed by atoms with E-state index in [9.17, 15) is 5.11 Å². The number of aliphatic hydroxyl groups excluding tert-OH is 1. The zero-order valence-corrected chi connectivity index (χ0v) is 6.87. The van der Waals surface area contributed by atoms with Crippen LogP contribution in [0.25, 0.3) is 0 Å². The van der Waals surface area contributed by atoms with E-state index in [2.05, 4.69) is 4.90 Å². The fourth-order valence-electron chi connectivity index (χ4n) is 1.51. The van der Waals surface area contributed by atoms with Crippen molar-refractivity contribution in [1.29, 1.82) is 0 Å². The highest BCUT2D eigenvalue weighted by Gasteiger charge is 2.39. The maximum atomic E-state index is 9.19. The second kappa shape index (κ2) is 1.99. The van der Waals surface area contributed by atoms with Crippen LogP contribution in [0.5, 0.6) is 0 Å². The molecule has 0 aromatic carbocycles. The number of rotatable bonds is 1. The predicted octanol–water partition coefficient (Wildman–Crippen LogP) is 0.313. The number of ether oxygens (including phenoxy) is 1. The topological polar surface area (TPSA) is 32.5 Å². The molecule has 0 amide bonds. The van der Waals surface area contributed by atoms with Gasteiger partial charge in [-0.1, -0.05) is 0 Å². The summed E-state index contributed by atoms with van der Waals surface area (Å²) in [6, 6.07) is 0. The molecule has 0 aromatic heterocycles. The van der Waals surface area contributed by atoms with Crippen molar-refractivity contribution in [3.63, 3.8) is 0 Å². The summed E-state index contributed by atoms with van der Waals surface area (Å²) in [7, 11) is 0. The molecule has 1 unspecified atom stereocenters. The van der Waals surface area contributed by atoms with Gasteiger partial charge in [0.25, 0.3) is 0 Å². The van der Waals surface area contributed by atoms with Crippen molar-refractivity contribution in [2.45, 2.75) is 25.7 Å². The molecule has 0 radical (unpaired) electrons. The quantitative estimate of drug-likeness (QED) is 0.553. The van der Waals surface area contributed by atoms with Crippen molar-refractivity contribution < 1.29 is 9.84 Å². The van der Waals surface area contributed by atoms with Crippen molar-refractivity contribution in [3.8, 4) is 0 Å². The summed E-state index contributed by atoms with van der Waals surface area (Å²) < 4.78 is 5.28. The molecule has 11 heavy (non-hydrogen) atoms.